The van der Waals surface area contributed by atoms with Crippen molar-refractivity contribution in [3.05, 3.63) is 33.3 Å². The second-order valence-corrected chi connectivity index (χ2v) is 5.33. The van der Waals surface area contributed by atoms with Gasteiger partial charge in [-0.3, -0.25) is 19.7 Å². The molecular weight excluding hydrogens is 300 g/mol. The van der Waals surface area contributed by atoms with Crippen molar-refractivity contribution in [3.8, 4) is 0 Å². The summed E-state index contributed by atoms with van der Waals surface area (Å²) in [7, 11) is 0. The minimum Gasteiger partial charge on any atom is -0.481 e. The maximum atomic E-state index is 12.2. The topological polar surface area (TPSA) is 110 Å². The number of hydrogen-bond acceptors (Lipinski definition) is 4. The van der Waals surface area contributed by atoms with Crippen LogP contribution < -0.4 is 5.32 Å². The molecule has 0 radical (unpaired) electrons. The lowest BCUT2D eigenvalue weighted by atomic mass is 9.95. The minimum absolute atomic E-state index is 0.0199. The number of nitro benzene ring substituents is 1. The number of carbonyl (C=O) groups is 2. The minimum atomic E-state index is -1.02. The number of carbonyl (C=O) groups excluding carboxylic acids is 1. The third kappa shape index (κ3) is 3.30. The van der Waals surface area contributed by atoms with E-state index in [9.17, 15) is 19.7 Å². The first kappa shape index (κ1) is 15.2. The van der Waals surface area contributed by atoms with Gasteiger partial charge in [0.15, 0.2) is 0 Å². The molecule has 2 rings (SSSR count). The Hall–Kier alpha value is -2.15. The predicted molar refractivity (Wildman–Crippen MR) is 75.2 cm³/mol. The Labute approximate surface area is 125 Å². The number of nitrogens with one attached hydrogen (secondary N) is 1. The number of carboxylic acid groups (broad SMARTS) is 1. The van der Waals surface area contributed by atoms with Gasteiger partial charge >= 0.3 is 5.97 Å². The monoisotopic (exact) mass is 312 g/mol. The average molecular weight is 313 g/mol. The molecule has 0 aromatic heterocycles. The molecule has 0 unspecified atom stereocenters. The summed E-state index contributed by atoms with van der Waals surface area (Å²) in [6.45, 7) is 0. The predicted octanol–water partition coefficient (Wildman–Crippen LogP) is 2.69. The molecule has 8 heteroatoms. The van der Waals surface area contributed by atoms with E-state index in [0.29, 0.717) is 19.3 Å². The van der Waals surface area contributed by atoms with Crippen LogP contribution in [-0.4, -0.2) is 21.9 Å². The molecule has 112 valence electrons. The number of halogens is 1. The Balaban J connectivity index is 2.21. The van der Waals surface area contributed by atoms with Crippen LogP contribution >= 0.6 is 11.6 Å². The molecule has 1 fully saturated rings. The average Bonchev–Trinajstić information content (AvgIpc) is 2.87. The maximum absolute atomic E-state index is 12.2. The summed E-state index contributed by atoms with van der Waals surface area (Å²) >= 11 is 5.78. The summed E-state index contributed by atoms with van der Waals surface area (Å²) < 4.78 is 0. The molecule has 1 aromatic rings. The number of carboxylic acids is 1. The number of nitro groups is 1. The van der Waals surface area contributed by atoms with Gasteiger partial charge in [-0.15, -0.1) is 0 Å². The normalized spacial score (nSPS) is 21.0. The Morgan fingerprint density at radius 3 is 2.62 bits per heavy atom. The van der Waals surface area contributed by atoms with Crippen LogP contribution in [0.25, 0.3) is 0 Å². The summed E-state index contributed by atoms with van der Waals surface area (Å²) in [5, 5.41) is 22.7. The quantitative estimate of drug-likeness (QED) is 0.656. The summed E-state index contributed by atoms with van der Waals surface area (Å²) in [5.74, 6) is -2.97. The van der Waals surface area contributed by atoms with Gasteiger partial charge in [0.25, 0.3) is 5.69 Å². The SMILES string of the molecule is O=C(O)[C@H]1CCC[C@H]1C(=O)Nc1cc(Cl)ccc1[N+](=O)[O-]. The van der Waals surface area contributed by atoms with Crippen molar-refractivity contribution in [3.63, 3.8) is 0 Å². The molecule has 0 spiro atoms. The van der Waals surface area contributed by atoms with Gasteiger partial charge in [0.2, 0.25) is 5.91 Å². The van der Waals surface area contributed by atoms with Crippen LogP contribution in [0.3, 0.4) is 0 Å². The second kappa shape index (κ2) is 6.09. The molecular formula is C13H13ClN2O5. The van der Waals surface area contributed by atoms with Gasteiger partial charge in [0, 0.05) is 11.1 Å². The van der Waals surface area contributed by atoms with Gasteiger partial charge in [-0.05, 0) is 25.0 Å². The largest absolute Gasteiger partial charge is 0.481 e. The smallest absolute Gasteiger partial charge is 0.307 e. The first-order chi connectivity index (χ1) is 9.90. The Morgan fingerprint density at radius 1 is 1.33 bits per heavy atom. The van der Waals surface area contributed by atoms with E-state index in [4.69, 9.17) is 16.7 Å². The molecule has 1 aliphatic carbocycles. The number of aliphatic carboxylic acids is 1. The van der Waals surface area contributed by atoms with Gasteiger partial charge in [-0.25, -0.2) is 0 Å². The summed E-state index contributed by atoms with van der Waals surface area (Å²) in [4.78, 5) is 33.6. The maximum Gasteiger partial charge on any atom is 0.307 e. The van der Waals surface area contributed by atoms with Crippen molar-refractivity contribution in [1.29, 1.82) is 0 Å². The van der Waals surface area contributed by atoms with E-state index in [1.807, 2.05) is 0 Å². The molecule has 2 N–H and O–H groups in total. The van der Waals surface area contributed by atoms with Crippen molar-refractivity contribution < 1.29 is 19.6 Å². The van der Waals surface area contributed by atoms with Crippen LogP contribution in [0.2, 0.25) is 5.02 Å². The fourth-order valence-corrected chi connectivity index (χ4v) is 2.73. The summed E-state index contributed by atoms with van der Waals surface area (Å²) in [6, 6.07) is 3.83. The number of hydrogen-bond donors (Lipinski definition) is 2. The lowest BCUT2D eigenvalue weighted by molar-refractivity contribution is -0.383. The molecule has 1 aromatic carbocycles. The molecule has 1 amide bonds. The van der Waals surface area contributed by atoms with E-state index in [0.717, 1.165) is 0 Å². The zero-order valence-electron chi connectivity index (χ0n) is 10.9. The van der Waals surface area contributed by atoms with Crippen LogP contribution in [0.15, 0.2) is 18.2 Å². The summed E-state index contributed by atoms with van der Waals surface area (Å²) in [6.07, 6.45) is 1.54. The zero-order valence-corrected chi connectivity index (χ0v) is 11.7. The van der Waals surface area contributed by atoms with Gasteiger partial charge < -0.3 is 10.4 Å². The fourth-order valence-electron chi connectivity index (χ4n) is 2.56. The summed E-state index contributed by atoms with van der Waals surface area (Å²) in [5.41, 5.74) is -0.300. The van der Waals surface area contributed by atoms with Crippen LogP contribution in [0, 0.1) is 22.0 Å². The molecule has 7 nitrogen and oxygen atoms in total. The molecule has 2 atom stereocenters. The molecule has 1 saturated carbocycles. The Bertz CT molecular complexity index is 604. The molecule has 21 heavy (non-hydrogen) atoms. The van der Waals surface area contributed by atoms with Crippen molar-refractivity contribution in [2.24, 2.45) is 11.8 Å². The van der Waals surface area contributed by atoms with E-state index in [-0.39, 0.29) is 16.4 Å². The van der Waals surface area contributed by atoms with Gasteiger partial charge in [-0.1, -0.05) is 18.0 Å². The molecule has 0 heterocycles. The van der Waals surface area contributed by atoms with Crippen LogP contribution in [-0.2, 0) is 9.59 Å². The van der Waals surface area contributed by atoms with E-state index >= 15 is 0 Å². The van der Waals surface area contributed by atoms with Gasteiger partial charge in [0.1, 0.15) is 5.69 Å². The first-order valence-electron chi connectivity index (χ1n) is 6.37. The number of nitrogens with zero attached hydrogens (tertiary/aromatic N) is 1. The van der Waals surface area contributed by atoms with E-state index in [1.54, 1.807) is 0 Å². The van der Waals surface area contributed by atoms with E-state index in [1.165, 1.54) is 18.2 Å². The zero-order chi connectivity index (χ0) is 15.6. The van der Waals surface area contributed by atoms with Crippen molar-refractivity contribution in [2.45, 2.75) is 19.3 Å². The van der Waals surface area contributed by atoms with Crippen molar-refractivity contribution >= 4 is 34.9 Å². The number of anilines is 1. The second-order valence-electron chi connectivity index (χ2n) is 4.89. The molecule has 1 aliphatic rings. The van der Waals surface area contributed by atoms with Crippen LogP contribution in [0.5, 0.6) is 0 Å². The fraction of sp³-hybridized carbons (Fsp3) is 0.385. The third-order valence-electron chi connectivity index (χ3n) is 3.58. The number of benzene rings is 1. The third-order valence-corrected chi connectivity index (χ3v) is 3.82. The Kier molecular flexibility index (Phi) is 4.42. The van der Waals surface area contributed by atoms with Crippen LogP contribution in [0.4, 0.5) is 11.4 Å². The molecule has 0 aliphatic heterocycles. The molecule has 0 saturated heterocycles. The number of amides is 1. The number of rotatable bonds is 4. The van der Waals surface area contributed by atoms with Crippen molar-refractivity contribution in [1.82, 2.24) is 0 Å². The van der Waals surface area contributed by atoms with Gasteiger partial charge in [0.05, 0.1) is 16.8 Å². The lowest BCUT2D eigenvalue weighted by Crippen LogP contribution is -2.30. The lowest BCUT2D eigenvalue weighted by Gasteiger charge is -2.15. The van der Waals surface area contributed by atoms with E-state index < -0.39 is 28.6 Å². The van der Waals surface area contributed by atoms with Crippen LogP contribution in [0.1, 0.15) is 19.3 Å². The van der Waals surface area contributed by atoms with E-state index in [2.05, 4.69) is 5.32 Å². The highest BCUT2D eigenvalue weighted by Gasteiger charge is 2.38. The highest BCUT2D eigenvalue weighted by molar-refractivity contribution is 6.31. The van der Waals surface area contributed by atoms with Gasteiger partial charge in [-0.2, -0.15) is 0 Å². The highest BCUT2D eigenvalue weighted by atomic mass is 35.5. The Morgan fingerprint density at radius 2 is 2.00 bits per heavy atom. The highest BCUT2D eigenvalue weighted by Crippen LogP contribution is 2.34. The standard InChI is InChI=1S/C13H13ClN2O5/c14-7-4-5-11(16(20)21)10(6-7)15-12(17)8-2-1-3-9(8)13(18)19/h4-6,8-9H,1-3H2,(H,15,17)(H,18,19)/t8-,9+/m1/s1. The first-order valence-corrected chi connectivity index (χ1v) is 6.75. The van der Waals surface area contributed by atoms with Crippen molar-refractivity contribution in [2.75, 3.05) is 5.32 Å². The molecule has 0 bridgehead atoms.